The number of anilines is 1. The highest BCUT2D eigenvalue weighted by molar-refractivity contribution is 5.39. The summed E-state index contributed by atoms with van der Waals surface area (Å²) in [5.74, 6) is 0. The van der Waals surface area contributed by atoms with Gasteiger partial charge in [-0.15, -0.1) is 0 Å². The summed E-state index contributed by atoms with van der Waals surface area (Å²) in [6.45, 7) is 1.94. The molecular weight excluding hydrogens is 126 g/mol. The first-order valence-electron chi connectivity index (χ1n) is 3.58. The van der Waals surface area contributed by atoms with Gasteiger partial charge in [-0.25, -0.2) is 0 Å². The summed E-state index contributed by atoms with van der Waals surface area (Å²) in [6.07, 6.45) is 4.45. The Morgan fingerprint density at radius 1 is 1.70 bits per heavy atom. The molecule has 1 aliphatic rings. The molecule has 10 heavy (non-hydrogen) atoms. The van der Waals surface area contributed by atoms with Crippen molar-refractivity contribution in [3.05, 3.63) is 11.9 Å². The second kappa shape index (κ2) is 1.75. The Bertz CT molecular complexity index is 228. The molecule has 1 aromatic heterocycles. The summed E-state index contributed by atoms with van der Waals surface area (Å²) in [5.41, 5.74) is 7.39. The molecule has 0 unspecified atom stereocenters. The highest BCUT2D eigenvalue weighted by Gasteiger charge is 2.24. The van der Waals surface area contributed by atoms with Crippen LogP contribution in [0.25, 0.3) is 0 Å². The topological polar surface area (TPSA) is 43.8 Å². The van der Waals surface area contributed by atoms with Crippen molar-refractivity contribution in [2.75, 3.05) is 5.73 Å². The third-order valence-corrected chi connectivity index (χ3v) is 1.88. The Labute approximate surface area is 59.8 Å². The molecule has 2 rings (SSSR count). The van der Waals surface area contributed by atoms with Crippen LogP contribution in [-0.4, -0.2) is 9.78 Å². The van der Waals surface area contributed by atoms with E-state index < -0.39 is 0 Å². The number of nitrogens with zero attached hydrogens (tertiary/aromatic N) is 2. The standard InChI is InChI=1S/C7H11N3/c1-5-7(8)4-10(9-5)6-2-3-6/h4,6H,2-3,8H2,1H3. The first-order chi connectivity index (χ1) is 4.77. The molecule has 1 fully saturated rings. The average molecular weight is 137 g/mol. The fourth-order valence-electron chi connectivity index (χ4n) is 1.02. The van der Waals surface area contributed by atoms with Crippen molar-refractivity contribution in [2.24, 2.45) is 0 Å². The summed E-state index contributed by atoms with van der Waals surface area (Å²) < 4.78 is 1.98. The van der Waals surface area contributed by atoms with Crippen molar-refractivity contribution >= 4 is 5.69 Å². The van der Waals surface area contributed by atoms with E-state index in [1.165, 1.54) is 12.8 Å². The predicted molar refractivity (Wildman–Crippen MR) is 39.6 cm³/mol. The zero-order chi connectivity index (χ0) is 7.14. The molecule has 0 amide bonds. The Morgan fingerprint density at radius 2 is 2.40 bits per heavy atom. The summed E-state index contributed by atoms with van der Waals surface area (Å²) in [6, 6.07) is 0.649. The van der Waals surface area contributed by atoms with Crippen molar-refractivity contribution < 1.29 is 0 Å². The normalized spacial score (nSPS) is 17.7. The molecule has 0 aromatic carbocycles. The molecule has 0 radical (unpaired) electrons. The van der Waals surface area contributed by atoms with E-state index in [9.17, 15) is 0 Å². The van der Waals surface area contributed by atoms with E-state index >= 15 is 0 Å². The second-order valence-corrected chi connectivity index (χ2v) is 2.88. The third-order valence-electron chi connectivity index (χ3n) is 1.88. The molecule has 0 bridgehead atoms. The van der Waals surface area contributed by atoms with Crippen molar-refractivity contribution in [3.63, 3.8) is 0 Å². The average Bonchev–Trinajstić information content (AvgIpc) is 2.64. The predicted octanol–water partition coefficient (Wildman–Crippen LogP) is 1.11. The lowest BCUT2D eigenvalue weighted by Crippen LogP contribution is -1.93. The molecule has 1 aromatic rings. The zero-order valence-electron chi connectivity index (χ0n) is 6.04. The number of nitrogens with two attached hydrogens (primary N) is 1. The highest BCUT2D eigenvalue weighted by Crippen LogP contribution is 2.34. The maximum absolute atomic E-state index is 5.62. The van der Waals surface area contributed by atoms with Crippen LogP contribution in [0.2, 0.25) is 0 Å². The smallest absolute Gasteiger partial charge is 0.0823 e. The minimum Gasteiger partial charge on any atom is -0.396 e. The first kappa shape index (κ1) is 5.77. The lowest BCUT2D eigenvalue weighted by Gasteiger charge is -1.91. The molecule has 3 nitrogen and oxygen atoms in total. The van der Waals surface area contributed by atoms with Crippen molar-refractivity contribution in [1.82, 2.24) is 9.78 Å². The van der Waals surface area contributed by atoms with Crippen LogP contribution in [0.4, 0.5) is 5.69 Å². The Morgan fingerprint density at radius 3 is 2.80 bits per heavy atom. The maximum atomic E-state index is 5.62. The number of rotatable bonds is 1. The number of aromatic nitrogens is 2. The Kier molecular flexibility index (Phi) is 1.01. The summed E-state index contributed by atoms with van der Waals surface area (Å²) in [4.78, 5) is 0. The highest BCUT2D eigenvalue weighted by atomic mass is 15.3. The SMILES string of the molecule is Cc1nn(C2CC2)cc1N. The monoisotopic (exact) mass is 137 g/mol. The molecule has 3 heteroatoms. The molecular formula is C7H11N3. The van der Waals surface area contributed by atoms with E-state index in [-0.39, 0.29) is 0 Å². The van der Waals surface area contributed by atoms with Gasteiger partial charge in [0.25, 0.3) is 0 Å². The van der Waals surface area contributed by atoms with Gasteiger partial charge in [0.05, 0.1) is 17.4 Å². The number of aryl methyl sites for hydroxylation is 1. The van der Waals surface area contributed by atoms with E-state index in [0.717, 1.165) is 11.4 Å². The number of hydrogen-bond donors (Lipinski definition) is 1. The second-order valence-electron chi connectivity index (χ2n) is 2.88. The van der Waals surface area contributed by atoms with Crippen molar-refractivity contribution in [1.29, 1.82) is 0 Å². The van der Waals surface area contributed by atoms with E-state index in [1.54, 1.807) is 0 Å². The van der Waals surface area contributed by atoms with Crippen LogP contribution < -0.4 is 5.73 Å². The lowest BCUT2D eigenvalue weighted by molar-refractivity contribution is 0.635. The molecule has 0 saturated heterocycles. The van der Waals surface area contributed by atoms with Crippen LogP contribution in [0.15, 0.2) is 6.20 Å². The van der Waals surface area contributed by atoms with Crippen LogP contribution in [-0.2, 0) is 0 Å². The maximum Gasteiger partial charge on any atom is 0.0823 e. The van der Waals surface area contributed by atoms with Gasteiger partial charge in [0.2, 0.25) is 0 Å². The van der Waals surface area contributed by atoms with Crippen LogP contribution in [0.1, 0.15) is 24.6 Å². The van der Waals surface area contributed by atoms with Gasteiger partial charge in [0.15, 0.2) is 0 Å². The Hall–Kier alpha value is -0.990. The Balaban J connectivity index is 2.34. The molecule has 1 saturated carbocycles. The molecule has 0 spiro atoms. The molecule has 1 aliphatic carbocycles. The van der Waals surface area contributed by atoms with Gasteiger partial charge in [-0.05, 0) is 19.8 Å². The van der Waals surface area contributed by atoms with Gasteiger partial charge in [-0.3, -0.25) is 4.68 Å². The van der Waals surface area contributed by atoms with Crippen molar-refractivity contribution in [2.45, 2.75) is 25.8 Å². The van der Waals surface area contributed by atoms with Crippen molar-refractivity contribution in [3.8, 4) is 0 Å². The molecule has 1 heterocycles. The van der Waals surface area contributed by atoms with Crippen LogP contribution in [0.5, 0.6) is 0 Å². The summed E-state index contributed by atoms with van der Waals surface area (Å²) >= 11 is 0. The van der Waals surface area contributed by atoms with Gasteiger partial charge < -0.3 is 5.73 Å². The van der Waals surface area contributed by atoms with Crippen LogP contribution in [0.3, 0.4) is 0 Å². The first-order valence-corrected chi connectivity index (χ1v) is 3.58. The van der Waals surface area contributed by atoms with E-state index in [1.807, 2.05) is 17.8 Å². The zero-order valence-corrected chi connectivity index (χ0v) is 6.04. The molecule has 2 N–H and O–H groups in total. The van der Waals surface area contributed by atoms with Crippen LogP contribution >= 0.6 is 0 Å². The van der Waals surface area contributed by atoms with Gasteiger partial charge in [0, 0.05) is 6.20 Å². The fourth-order valence-corrected chi connectivity index (χ4v) is 1.02. The minimum atomic E-state index is 0.649. The summed E-state index contributed by atoms with van der Waals surface area (Å²) in [7, 11) is 0. The number of hydrogen-bond acceptors (Lipinski definition) is 2. The third kappa shape index (κ3) is 0.781. The minimum absolute atomic E-state index is 0.649. The van der Waals surface area contributed by atoms with Gasteiger partial charge in [-0.2, -0.15) is 5.10 Å². The van der Waals surface area contributed by atoms with Gasteiger partial charge in [-0.1, -0.05) is 0 Å². The van der Waals surface area contributed by atoms with E-state index in [0.29, 0.717) is 6.04 Å². The summed E-state index contributed by atoms with van der Waals surface area (Å²) in [5, 5.41) is 4.26. The van der Waals surface area contributed by atoms with Gasteiger partial charge in [0.1, 0.15) is 0 Å². The van der Waals surface area contributed by atoms with Crippen LogP contribution in [0, 0.1) is 6.92 Å². The molecule has 0 atom stereocenters. The van der Waals surface area contributed by atoms with Gasteiger partial charge >= 0.3 is 0 Å². The van der Waals surface area contributed by atoms with E-state index in [4.69, 9.17) is 5.73 Å². The number of nitrogen functional groups attached to an aromatic ring is 1. The molecule has 0 aliphatic heterocycles. The largest absolute Gasteiger partial charge is 0.396 e. The lowest BCUT2D eigenvalue weighted by atomic mass is 10.4. The molecule has 54 valence electrons. The fraction of sp³-hybridized carbons (Fsp3) is 0.571. The van der Waals surface area contributed by atoms with E-state index in [2.05, 4.69) is 5.10 Å². The quantitative estimate of drug-likeness (QED) is 0.630.